The van der Waals surface area contributed by atoms with Gasteiger partial charge in [-0.05, 0) is 38.4 Å². The predicted octanol–water partition coefficient (Wildman–Crippen LogP) is 2.25. The van der Waals surface area contributed by atoms with E-state index in [1.165, 1.54) is 12.8 Å². The summed E-state index contributed by atoms with van der Waals surface area (Å²) in [5.74, 6) is 1.24. The van der Waals surface area contributed by atoms with Crippen molar-refractivity contribution in [1.29, 1.82) is 0 Å². The summed E-state index contributed by atoms with van der Waals surface area (Å²) in [4.78, 5) is 8.84. The fourth-order valence-electron chi connectivity index (χ4n) is 2.21. The van der Waals surface area contributed by atoms with Crippen LogP contribution in [-0.2, 0) is 0 Å². The van der Waals surface area contributed by atoms with E-state index >= 15 is 0 Å². The fourth-order valence-corrected chi connectivity index (χ4v) is 2.21. The van der Waals surface area contributed by atoms with Crippen LogP contribution in [0.3, 0.4) is 0 Å². The highest BCUT2D eigenvalue weighted by molar-refractivity contribution is 5.48. The molecule has 0 amide bonds. The average Bonchev–Trinajstić information content (AvgIpc) is 2.89. The zero-order chi connectivity index (χ0) is 12.4. The van der Waals surface area contributed by atoms with Gasteiger partial charge in [0.25, 0.3) is 0 Å². The molecule has 5 heteroatoms. The van der Waals surface area contributed by atoms with Crippen LogP contribution in [0.25, 0.3) is 11.5 Å². The van der Waals surface area contributed by atoms with Crippen LogP contribution in [0, 0.1) is 6.92 Å². The number of pyridine rings is 1. The number of nitrogens with one attached hydrogen (secondary N) is 1. The normalized spacial score (nSPS) is 19.9. The summed E-state index contributed by atoms with van der Waals surface area (Å²) in [5, 5.41) is 7.41. The number of piperidine rings is 1. The van der Waals surface area contributed by atoms with Gasteiger partial charge in [0, 0.05) is 5.69 Å². The first-order valence-corrected chi connectivity index (χ1v) is 6.34. The van der Waals surface area contributed by atoms with E-state index in [-0.39, 0.29) is 6.04 Å². The molecule has 2 aromatic rings. The maximum atomic E-state index is 5.33. The molecule has 1 N–H and O–H groups in total. The molecule has 3 heterocycles. The Kier molecular flexibility index (Phi) is 3.06. The predicted molar refractivity (Wildman–Crippen MR) is 66.9 cm³/mol. The van der Waals surface area contributed by atoms with Gasteiger partial charge in [-0.1, -0.05) is 17.6 Å². The lowest BCUT2D eigenvalue weighted by molar-refractivity contribution is 0.297. The molecule has 0 radical (unpaired) electrons. The Bertz CT molecular complexity index is 531. The first kappa shape index (κ1) is 11.3. The Morgan fingerprint density at radius 3 is 3.00 bits per heavy atom. The molecule has 1 atom stereocenters. The second-order valence-corrected chi connectivity index (χ2v) is 4.62. The standard InChI is InChI=1S/C13H16N4O/c1-9-5-4-7-10(15-9)12-16-13(18-17-12)11-6-2-3-8-14-11/h4-5,7,11,14H,2-3,6,8H2,1H3/t11-/m0/s1. The summed E-state index contributed by atoms with van der Waals surface area (Å²) < 4.78 is 5.33. The maximum absolute atomic E-state index is 5.33. The first-order chi connectivity index (χ1) is 8.83. The second kappa shape index (κ2) is 4.86. The first-order valence-electron chi connectivity index (χ1n) is 6.34. The minimum Gasteiger partial charge on any atom is -0.337 e. The molecular formula is C13H16N4O. The lowest BCUT2D eigenvalue weighted by Gasteiger charge is -2.19. The lowest BCUT2D eigenvalue weighted by Crippen LogP contribution is -2.26. The van der Waals surface area contributed by atoms with Gasteiger partial charge in [-0.25, -0.2) is 4.98 Å². The Hall–Kier alpha value is -1.75. The Labute approximate surface area is 106 Å². The number of hydrogen-bond acceptors (Lipinski definition) is 5. The van der Waals surface area contributed by atoms with E-state index in [2.05, 4.69) is 20.4 Å². The zero-order valence-corrected chi connectivity index (χ0v) is 10.4. The Morgan fingerprint density at radius 2 is 2.22 bits per heavy atom. The summed E-state index contributed by atoms with van der Waals surface area (Å²) in [5.41, 5.74) is 1.72. The van der Waals surface area contributed by atoms with Crippen LogP contribution >= 0.6 is 0 Å². The molecule has 1 aliphatic heterocycles. The fraction of sp³-hybridized carbons (Fsp3) is 0.462. The summed E-state index contributed by atoms with van der Waals surface area (Å²) in [6.45, 7) is 2.97. The molecule has 3 rings (SSSR count). The highest BCUT2D eigenvalue weighted by Crippen LogP contribution is 2.23. The van der Waals surface area contributed by atoms with Crippen molar-refractivity contribution in [3.63, 3.8) is 0 Å². The molecule has 18 heavy (non-hydrogen) atoms. The van der Waals surface area contributed by atoms with E-state index < -0.39 is 0 Å². The van der Waals surface area contributed by atoms with Gasteiger partial charge in [0.1, 0.15) is 5.69 Å². The molecule has 1 fully saturated rings. The van der Waals surface area contributed by atoms with Crippen LogP contribution in [0.2, 0.25) is 0 Å². The molecule has 0 unspecified atom stereocenters. The van der Waals surface area contributed by atoms with Crippen molar-refractivity contribution in [2.24, 2.45) is 0 Å². The molecule has 0 saturated carbocycles. The number of aryl methyl sites for hydroxylation is 1. The van der Waals surface area contributed by atoms with Crippen molar-refractivity contribution >= 4 is 0 Å². The Balaban J connectivity index is 1.84. The maximum Gasteiger partial charge on any atom is 0.244 e. The van der Waals surface area contributed by atoms with E-state index in [0.717, 1.165) is 24.4 Å². The highest BCUT2D eigenvalue weighted by Gasteiger charge is 2.21. The molecule has 0 aliphatic carbocycles. The van der Waals surface area contributed by atoms with Gasteiger partial charge in [0.15, 0.2) is 0 Å². The highest BCUT2D eigenvalue weighted by atomic mass is 16.5. The van der Waals surface area contributed by atoms with Crippen molar-refractivity contribution in [3.05, 3.63) is 29.8 Å². The molecule has 5 nitrogen and oxygen atoms in total. The van der Waals surface area contributed by atoms with Crippen LogP contribution in [0.1, 0.15) is 36.9 Å². The third-order valence-corrected chi connectivity index (χ3v) is 3.17. The van der Waals surface area contributed by atoms with Crippen molar-refractivity contribution in [3.8, 4) is 11.5 Å². The van der Waals surface area contributed by atoms with E-state index in [4.69, 9.17) is 4.52 Å². The third-order valence-electron chi connectivity index (χ3n) is 3.17. The van der Waals surface area contributed by atoms with E-state index in [0.29, 0.717) is 11.7 Å². The molecule has 94 valence electrons. The number of nitrogens with zero attached hydrogens (tertiary/aromatic N) is 3. The molecule has 1 aliphatic rings. The summed E-state index contributed by atoms with van der Waals surface area (Å²) in [6.07, 6.45) is 3.48. The molecule has 0 aromatic carbocycles. The molecule has 0 spiro atoms. The van der Waals surface area contributed by atoms with E-state index in [9.17, 15) is 0 Å². The van der Waals surface area contributed by atoms with Crippen LogP contribution in [0.5, 0.6) is 0 Å². The van der Waals surface area contributed by atoms with Gasteiger partial charge in [-0.2, -0.15) is 4.98 Å². The SMILES string of the molecule is Cc1cccc(-c2noc([C@@H]3CCCCN3)n2)n1. The van der Waals surface area contributed by atoms with Gasteiger partial charge < -0.3 is 9.84 Å². The lowest BCUT2D eigenvalue weighted by atomic mass is 10.1. The monoisotopic (exact) mass is 244 g/mol. The minimum atomic E-state index is 0.199. The molecule has 1 saturated heterocycles. The second-order valence-electron chi connectivity index (χ2n) is 4.62. The van der Waals surface area contributed by atoms with E-state index in [1.807, 2.05) is 25.1 Å². The quantitative estimate of drug-likeness (QED) is 0.877. The minimum absolute atomic E-state index is 0.199. The van der Waals surface area contributed by atoms with Crippen molar-refractivity contribution < 1.29 is 4.52 Å². The smallest absolute Gasteiger partial charge is 0.244 e. The van der Waals surface area contributed by atoms with E-state index in [1.54, 1.807) is 0 Å². The van der Waals surface area contributed by atoms with Crippen molar-refractivity contribution in [1.82, 2.24) is 20.4 Å². The summed E-state index contributed by atoms with van der Waals surface area (Å²) >= 11 is 0. The average molecular weight is 244 g/mol. The van der Waals surface area contributed by atoms with Crippen molar-refractivity contribution in [2.75, 3.05) is 6.54 Å². The largest absolute Gasteiger partial charge is 0.337 e. The van der Waals surface area contributed by atoms with Gasteiger partial charge >= 0.3 is 0 Å². The van der Waals surface area contributed by atoms with Gasteiger partial charge in [0.05, 0.1) is 6.04 Å². The molecular weight excluding hydrogens is 228 g/mol. The topological polar surface area (TPSA) is 63.8 Å². The Morgan fingerprint density at radius 1 is 1.28 bits per heavy atom. The number of hydrogen-bond donors (Lipinski definition) is 1. The van der Waals surface area contributed by atoms with Gasteiger partial charge in [0.2, 0.25) is 11.7 Å². The summed E-state index contributed by atoms with van der Waals surface area (Å²) in [6, 6.07) is 6.00. The van der Waals surface area contributed by atoms with Gasteiger partial charge in [-0.15, -0.1) is 0 Å². The van der Waals surface area contributed by atoms with Crippen LogP contribution < -0.4 is 5.32 Å². The third kappa shape index (κ3) is 2.26. The van der Waals surface area contributed by atoms with Gasteiger partial charge in [-0.3, -0.25) is 0 Å². The molecule has 2 aromatic heterocycles. The summed E-state index contributed by atoms with van der Waals surface area (Å²) in [7, 11) is 0. The van der Waals surface area contributed by atoms with Crippen LogP contribution in [0.4, 0.5) is 0 Å². The zero-order valence-electron chi connectivity index (χ0n) is 10.4. The van der Waals surface area contributed by atoms with Crippen molar-refractivity contribution in [2.45, 2.75) is 32.2 Å². The molecule has 0 bridgehead atoms. The number of rotatable bonds is 2. The number of aromatic nitrogens is 3. The van der Waals surface area contributed by atoms with Crippen LogP contribution in [0.15, 0.2) is 22.7 Å². The van der Waals surface area contributed by atoms with Crippen LogP contribution in [-0.4, -0.2) is 21.7 Å².